The summed E-state index contributed by atoms with van der Waals surface area (Å²) in [5.74, 6) is -1.56. The maximum atomic E-state index is 10.6. The van der Waals surface area contributed by atoms with E-state index in [1.54, 1.807) is 6.92 Å². The van der Waals surface area contributed by atoms with Gasteiger partial charge in [-0.25, -0.2) is 0 Å². The van der Waals surface area contributed by atoms with E-state index in [0.717, 1.165) is 0 Å². The van der Waals surface area contributed by atoms with Crippen molar-refractivity contribution in [2.75, 3.05) is 6.61 Å². The second-order valence-electron chi connectivity index (χ2n) is 1.81. The van der Waals surface area contributed by atoms with E-state index in [-0.39, 0.29) is 13.0 Å². The van der Waals surface area contributed by atoms with Crippen LogP contribution in [0, 0.1) is 0 Å². The molecule has 0 aromatic rings. The van der Waals surface area contributed by atoms with Crippen LogP contribution in [0.1, 0.15) is 13.3 Å². The van der Waals surface area contributed by atoms with E-state index >= 15 is 0 Å². The average molecular weight is 225 g/mol. The van der Waals surface area contributed by atoms with Crippen LogP contribution in [0.3, 0.4) is 0 Å². The fourth-order valence-electron chi connectivity index (χ4n) is 0.454. The molecule has 0 saturated heterocycles. The molecule has 0 bridgehead atoms. The summed E-state index contributed by atoms with van der Waals surface area (Å²) in [7, 11) is 0. The van der Waals surface area contributed by atoms with Gasteiger partial charge in [0, 0.05) is 0 Å². The number of aliphatic carboxylic acids is 1. The number of carbonyl (C=O) groups is 2. The molecule has 1 N–H and O–H groups in total. The highest BCUT2D eigenvalue weighted by Gasteiger charge is 2.17. The Morgan fingerprint density at radius 1 is 1.64 bits per heavy atom. The summed E-state index contributed by atoms with van der Waals surface area (Å²) in [5, 5.41) is 8.34. The Morgan fingerprint density at radius 2 is 2.18 bits per heavy atom. The molecular formula is C6H9BrO4. The van der Waals surface area contributed by atoms with Gasteiger partial charge in [0.15, 0.2) is 0 Å². The zero-order chi connectivity index (χ0) is 8.85. The summed E-state index contributed by atoms with van der Waals surface area (Å²) >= 11 is 2.81. The lowest BCUT2D eigenvalue weighted by Gasteiger charge is -2.02. The third-order valence-corrected chi connectivity index (χ3v) is 1.63. The molecule has 0 aliphatic heterocycles. The first-order valence-corrected chi connectivity index (χ1v) is 4.02. The zero-order valence-corrected chi connectivity index (χ0v) is 7.63. The second kappa shape index (κ2) is 5.12. The lowest BCUT2D eigenvalue weighted by molar-refractivity contribution is -0.146. The van der Waals surface area contributed by atoms with Crippen molar-refractivity contribution >= 4 is 27.9 Å². The number of halogens is 1. The largest absolute Gasteiger partial charge is 0.480 e. The van der Waals surface area contributed by atoms with Crippen LogP contribution in [0.4, 0.5) is 0 Å². The highest BCUT2D eigenvalue weighted by molar-refractivity contribution is 9.10. The monoisotopic (exact) mass is 224 g/mol. The maximum Gasteiger partial charge on any atom is 0.317 e. The van der Waals surface area contributed by atoms with Crippen molar-refractivity contribution < 1.29 is 19.4 Å². The first kappa shape index (κ1) is 10.4. The Balaban J connectivity index is 3.66. The Labute approximate surface area is 72.7 Å². The summed E-state index contributed by atoms with van der Waals surface area (Å²) in [6.07, 6.45) is -0.136. The molecule has 11 heavy (non-hydrogen) atoms. The molecule has 0 fully saturated rings. The number of ether oxygens (including phenoxy) is 1. The minimum atomic E-state index is -1.06. The van der Waals surface area contributed by atoms with Crippen molar-refractivity contribution in [3.8, 4) is 0 Å². The standard InChI is InChI=1S/C6H9BrO4/c1-2-11-5(8)3-4(7)6(9)10/h4H,2-3H2,1H3,(H,9,10)/t4-/m0/s1. The van der Waals surface area contributed by atoms with Gasteiger partial charge in [-0.1, -0.05) is 15.9 Å². The highest BCUT2D eigenvalue weighted by atomic mass is 79.9. The number of hydrogen-bond acceptors (Lipinski definition) is 3. The maximum absolute atomic E-state index is 10.6. The molecule has 0 amide bonds. The molecule has 0 aliphatic rings. The average Bonchev–Trinajstić information content (AvgIpc) is 1.87. The van der Waals surface area contributed by atoms with Gasteiger partial charge in [0.1, 0.15) is 4.83 Å². The smallest absolute Gasteiger partial charge is 0.317 e. The number of carboxylic acids is 1. The number of carboxylic acid groups (broad SMARTS) is 1. The molecule has 0 saturated carbocycles. The third-order valence-electron chi connectivity index (χ3n) is 0.919. The van der Waals surface area contributed by atoms with Gasteiger partial charge in [-0.15, -0.1) is 0 Å². The summed E-state index contributed by atoms with van der Waals surface area (Å²) < 4.78 is 4.53. The molecule has 0 heterocycles. The van der Waals surface area contributed by atoms with Crippen LogP contribution < -0.4 is 0 Å². The van der Waals surface area contributed by atoms with E-state index in [9.17, 15) is 9.59 Å². The SMILES string of the molecule is CCOC(=O)C[C@H](Br)C(=O)O. The van der Waals surface area contributed by atoms with Crippen LogP contribution in [-0.4, -0.2) is 28.5 Å². The summed E-state index contributed by atoms with van der Waals surface area (Å²) in [6.45, 7) is 1.94. The molecule has 0 rings (SSSR count). The van der Waals surface area contributed by atoms with Crippen LogP contribution in [0.2, 0.25) is 0 Å². The van der Waals surface area contributed by atoms with E-state index in [1.165, 1.54) is 0 Å². The molecule has 5 heteroatoms. The number of esters is 1. The van der Waals surface area contributed by atoms with Crippen molar-refractivity contribution in [1.82, 2.24) is 0 Å². The molecule has 1 atom stereocenters. The van der Waals surface area contributed by atoms with Crippen molar-refractivity contribution in [3.63, 3.8) is 0 Å². The van der Waals surface area contributed by atoms with Gasteiger partial charge in [0.2, 0.25) is 0 Å². The van der Waals surface area contributed by atoms with Crippen LogP contribution >= 0.6 is 15.9 Å². The van der Waals surface area contributed by atoms with Crippen LogP contribution in [-0.2, 0) is 14.3 Å². The first-order chi connectivity index (χ1) is 5.07. The van der Waals surface area contributed by atoms with E-state index in [1.807, 2.05) is 0 Å². The van der Waals surface area contributed by atoms with Gasteiger partial charge < -0.3 is 9.84 Å². The molecule has 0 aliphatic carbocycles. The van der Waals surface area contributed by atoms with Crippen LogP contribution in [0.5, 0.6) is 0 Å². The predicted molar refractivity (Wildman–Crippen MR) is 41.6 cm³/mol. The first-order valence-electron chi connectivity index (χ1n) is 3.10. The minimum absolute atomic E-state index is 0.136. The molecule has 64 valence electrons. The molecule has 0 aromatic carbocycles. The van der Waals surface area contributed by atoms with Gasteiger partial charge in [0.05, 0.1) is 13.0 Å². The second-order valence-corrected chi connectivity index (χ2v) is 2.92. The molecule has 0 aromatic heterocycles. The lowest BCUT2D eigenvalue weighted by atomic mass is 10.3. The quantitative estimate of drug-likeness (QED) is 0.567. The zero-order valence-electron chi connectivity index (χ0n) is 6.04. The van der Waals surface area contributed by atoms with Crippen LogP contribution in [0.15, 0.2) is 0 Å². The summed E-state index contributed by atoms with van der Waals surface area (Å²) in [6, 6.07) is 0. The lowest BCUT2D eigenvalue weighted by Crippen LogP contribution is -2.18. The fourth-order valence-corrected chi connectivity index (χ4v) is 0.718. The third kappa shape index (κ3) is 4.78. The van der Waals surface area contributed by atoms with Crippen molar-refractivity contribution in [1.29, 1.82) is 0 Å². The summed E-state index contributed by atoms with van der Waals surface area (Å²) in [5.41, 5.74) is 0. The molecule has 0 unspecified atom stereocenters. The van der Waals surface area contributed by atoms with Crippen molar-refractivity contribution in [3.05, 3.63) is 0 Å². The van der Waals surface area contributed by atoms with E-state index in [4.69, 9.17) is 5.11 Å². The molecule has 0 spiro atoms. The number of carbonyl (C=O) groups excluding carboxylic acids is 1. The van der Waals surface area contributed by atoms with E-state index < -0.39 is 16.8 Å². The number of alkyl halides is 1. The Kier molecular flexibility index (Phi) is 4.85. The van der Waals surface area contributed by atoms with E-state index in [0.29, 0.717) is 0 Å². The molecule has 4 nitrogen and oxygen atoms in total. The van der Waals surface area contributed by atoms with Crippen molar-refractivity contribution in [2.45, 2.75) is 18.2 Å². The van der Waals surface area contributed by atoms with Gasteiger partial charge in [-0.3, -0.25) is 9.59 Å². The van der Waals surface area contributed by atoms with Gasteiger partial charge in [-0.05, 0) is 6.92 Å². The van der Waals surface area contributed by atoms with Gasteiger partial charge >= 0.3 is 11.9 Å². The Bertz CT molecular complexity index is 157. The number of hydrogen-bond donors (Lipinski definition) is 1. The van der Waals surface area contributed by atoms with Crippen molar-refractivity contribution in [2.24, 2.45) is 0 Å². The van der Waals surface area contributed by atoms with E-state index in [2.05, 4.69) is 20.7 Å². The summed E-state index contributed by atoms with van der Waals surface area (Å²) in [4.78, 5) is 20.0. The van der Waals surface area contributed by atoms with Crippen LogP contribution in [0.25, 0.3) is 0 Å². The minimum Gasteiger partial charge on any atom is -0.480 e. The highest BCUT2D eigenvalue weighted by Crippen LogP contribution is 2.05. The van der Waals surface area contributed by atoms with Gasteiger partial charge in [-0.2, -0.15) is 0 Å². The normalized spacial score (nSPS) is 12.2. The Morgan fingerprint density at radius 3 is 2.55 bits per heavy atom. The molecule has 0 radical (unpaired) electrons. The topological polar surface area (TPSA) is 63.6 Å². The Hall–Kier alpha value is -0.580. The number of rotatable bonds is 4. The fraction of sp³-hybridized carbons (Fsp3) is 0.667. The molecular weight excluding hydrogens is 216 g/mol. The van der Waals surface area contributed by atoms with Gasteiger partial charge in [0.25, 0.3) is 0 Å². The predicted octanol–water partition coefficient (Wildman–Crippen LogP) is 0.788.